The van der Waals surface area contributed by atoms with E-state index in [-0.39, 0.29) is 0 Å². The molecule has 1 N–H and O–H groups in total. The Kier molecular flexibility index (Phi) is 12.4. The Morgan fingerprint density at radius 1 is 0.473 bits per heavy atom. The van der Waals surface area contributed by atoms with Crippen LogP contribution in [0.1, 0.15) is 0 Å². The van der Waals surface area contributed by atoms with Gasteiger partial charge in [-0.3, -0.25) is 0 Å². The Labute approximate surface area is 345 Å². The van der Waals surface area contributed by atoms with E-state index < -0.39 is 159 Å². The average Bonchev–Trinajstić information content (AvgIpc) is 2.97. The van der Waals surface area contributed by atoms with Crippen LogP contribution in [0.5, 0.6) is 0 Å². The summed E-state index contributed by atoms with van der Waals surface area (Å²) in [6.45, 7) is 31.4. The van der Waals surface area contributed by atoms with Crippen molar-refractivity contribution < 1.29 is 84.5 Å². The molecule has 0 aromatic rings. The summed E-state index contributed by atoms with van der Waals surface area (Å²) in [5, 5.41) is -5.10. The Hall–Kier alpha value is 2.67. The molecule has 10 rings (SSSR count). The Bertz CT molecular complexity index is 1490. The van der Waals surface area contributed by atoms with Crippen LogP contribution in [-0.2, 0) is 79.7 Å². The molecule has 0 aromatic carbocycles. The van der Waals surface area contributed by atoms with Crippen LogP contribution in [0, 0.1) is 0 Å². The number of fused-ring (bicyclic) bond motifs is 2. The quantitative estimate of drug-likeness (QED) is 0.191. The minimum atomic E-state index is -5.02. The summed E-state index contributed by atoms with van der Waals surface area (Å²) in [5.74, 6) is 0. The van der Waals surface area contributed by atoms with Gasteiger partial charge in [-0.2, -0.15) is 0 Å². The molecule has 0 saturated carbocycles. The van der Waals surface area contributed by atoms with Crippen molar-refractivity contribution in [1.29, 1.82) is 0 Å². The number of rotatable bonds is 15. The van der Waals surface area contributed by atoms with Crippen LogP contribution >= 0.6 is 0 Å². The van der Waals surface area contributed by atoms with Gasteiger partial charge in [-0.25, -0.2) is 0 Å². The molecule has 36 heteroatoms. The van der Waals surface area contributed by atoms with Gasteiger partial charge in [-0.1, -0.05) is 13.1 Å². The summed E-state index contributed by atoms with van der Waals surface area (Å²) in [6.07, 6.45) is 0. The lowest BCUT2D eigenvalue weighted by Crippen LogP contribution is -2.99. The SMILES string of the molecule is C[SiH](C)OC12O[Si]3(O[SiH](C)C)O[Si]4(O[SiH](C)C)O[Si]5(O[SiH](C)C)O[Si]6(O[SiH](C)C)O[Si](O)(O[SiH](C)C)O[Si]1(O[SiH](C)C)O[Si]2(OC6[Si]1(OC5([SiH](C)C)O1)O3)O4. The Balaban J connectivity index is 1.68. The zero-order valence-corrected chi connectivity index (χ0v) is 51.6. The Morgan fingerprint density at radius 3 is 1.55 bits per heavy atom. The van der Waals surface area contributed by atoms with Crippen LogP contribution in [-0.4, -0.2) is 163 Å². The van der Waals surface area contributed by atoms with E-state index in [0.717, 1.165) is 0 Å². The van der Waals surface area contributed by atoms with Gasteiger partial charge in [0.25, 0.3) is 5.03 Å². The topological polar surface area (TPSA) is 196 Å². The summed E-state index contributed by atoms with van der Waals surface area (Å²) >= 11 is 0. The maximum atomic E-state index is 13.1. The molecule has 9 atom stereocenters. The fourth-order valence-electron chi connectivity index (χ4n) is 7.43. The second-order valence-corrected chi connectivity index (χ2v) is 61.2. The molecule has 20 nitrogen and oxygen atoms in total. The molecule has 0 amide bonds. The highest BCUT2D eigenvalue weighted by Crippen LogP contribution is 2.65. The first-order chi connectivity index (χ1) is 25.2. The molecule has 10 bridgehead atoms. The maximum absolute atomic E-state index is 13.1. The van der Waals surface area contributed by atoms with E-state index in [0.29, 0.717) is 0 Å². The van der Waals surface area contributed by atoms with Crippen LogP contribution < -0.4 is 0 Å². The monoisotopic (exact) mass is 1050 g/mol. The maximum Gasteiger partial charge on any atom is 0.657 e. The van der Waals surface area contributed by atoms with Gasteiger partial charge in [0.1, 0.15) is 8.80 Å². The fraction of sp³-hybridized carbons (Fsp3) is 1.00. The molecule has 0 radical (unpaired) electrons. The molecule has 10 saturated heterocycles. The lowest BCUT2D eigenvalue weighted by Gasteiger charge is -2.65. The fourth-order valence-corrected chi connectivity index (χ4v) is 79.0. The van der Waals surface area contributed by atoms with Gasteiger partial charge in [-0.05, 0) is 91.7 Å². The van der Waals surface area contributed by atoms with Crippen LogP contribution in [0.4, 0.5) is 0 Å². The van der Waals surface area contributed by atoms with Crippen LogP contribution in [0.25, 0.3) is 0 Å². The highest BCUT2D eigenvalue weighted by atomic mass is 28.6. The van der Waals surface area contributed by atoms with Crippen molar-refractivity contribution in [2.45, 2.75) is 120 Å². The molecule has 10 heterocycles. The van der Waals surface area contributed by atoms with Crippen LogP contribution in [0.15, 0.2) is 0 Å². The van der Waals surface area contributed by atoms with Gasteiger partial charge in [0.15, 0.2) is 68.6 Å². The minimum Gasteiger partial charge on any atom is -0.418 e. The van der Waals surface area contributed by atoms with Gasteiger partial charge < -0.3 is 84.5 Å². The first-order valence-electron chi connectivity index (χ1n) is 19.1. The Morgan fingerprint density at radius 2 is 1.02 bits per heavy atom. The molecule has 0 aliphatic carbocycles. The summed E-state index contributed by atoms with van der Waals surface area (Å²) in [5.41, 5.74) is 0. The first-order valence-corrected chi connectivity index (χ1v) is 55.2. The molecule has 9 unspecified atom stereocenters. The zero-order chi connectivity index (χ0) is 40.6. The van der Waals surface area contributed by atoms with Crippen molar-refractivity contribution in [1.82, 2.24) is 0 Å². The van der Waals surface area contributed by atoms with Gasteiger partial charge >= 0.3 is 71.2 Å². The van der Waals surface area contributed by atoms with Crippen molar-refractivity contribution in [2.75, 3.05) is 0 Å². The van der Waals surface area contributed by atoms with Crippen LogP contribution in [0.2, 0.25) is 105 Å². The zero-order valence-electron chi connectivity index (χ0n) is 34.4. The van der Waals surface area contributed by atoms with Gasteiger partial charge in [0, 0.05) is 0 Å². The normalized spacial score (nSPS) is 48.5. The van der Waals surface area contributed by atoms with E-state index in [9.17, 15) is 4.80 Å². The smallest absolute Gasteiger partial charge is 0.418 e. The second-order valence-electron chi connectivity index (χ2n) is 16.6. The highest BCUT2D eigenvalue weighted by molar-refractivity contribution is 7.10. The van der Waals surface area contributed by atoms with Gasteiger partial charge in [0.05, 0.1) is 0 Å². The third-order valence-corrected chi connectivity index (χ3v) is 62.6. The predicted molar refractivity (Wildman–Crippen MR) is 229 cm³/mol. The average molecular weight is 1060 g/mol. The van der Waals surface area contributed by atoms with E-state index in [2.05, 4.69) is 0 Å². The standard InChI is InChI=1S/C19H58O20Si16/c1-40(2)18-23-48(24-18)17-21-51-19(22-41(3)4)25-54(34-48,30-46(13)14)39-55(38-51,31-47(15)16)37-50(18,27-43(7)8)32-49(17,26-42(5)6)33-53(20,29-45(11)12)36-52(19,35-51)28-44(9)10/h17,20,40-47H,1-16H3. The van der Waals surface area contributed by atoms with Crippen molar-refractivity contribution in [3.63, 3.8) is 0 Å². The van der Waals surface area contributed by atoms with E-state index in [1.807, 2.05) is 105 Å². The molecule has 10 aliphatic heterocycles. The lowest BCUT2D eigenvalue weighted by molar-refractivity contribution is -0.217. The molecule has 10 fully saturated rings. The number of hydrogen-bond donors (Lipinski definition) is 1. The second kappa shape index (κ2) is 14.9. The lowest BCUT2D eigenvalue weighted by atomic mass is 11.4. The molecule has 318 valence electrons. The first kappa shape index (κ1) is 45.7. The van der Waals surface area contributed by atoms with Crippen molar-refractivity contribution in [3.8, 4) is 0 Å². The third-order valence-electron chi connectivity index (χ3n) is 8.61. The molecule has 2 spiro atoms. The molecular weight excluding hydrogens is 998 g/mol. The van der Waals surface area contributed by atoms with Gasteiger partial charge in [-0.15, -0.1) is 0 Å². The summed E-state index contributed by atoms with van der Waals surface area (Å²) in [4.78, 5) is 13.1. The molecule has 10 aliphatic rings. The van der Waals surface area contributed by atoms with E-state index >= 15 is 0 Å². The minimum absolute atomic E-state index is 1.45. The van der Waals surface area contributed by atoms with Crippen molar-refractivity contribution in [3.05, 3.63) is 0 Å². The van der Waals surface area contributed by atoms with Crippen LogP contribution in [0.3, 0.4) is 0 Å². The van der Waals surface area contributed by atoms with Crippen molar-refractivity contribution >= 4 is 143 Å². The van der Waals surface area contributed by atoms with Crippen molar-refractivity contribution in [2.24, 2.45) is 0 Å². The van der Waals surface area contributed by atoms with E-state index in [1.165, 1.54) is 0 Å². The predicted octanol–water partition coefficient (Wildman–Crippen LogP) is -1.24. The third kappa shape index (κ3) is 7.17. The van der Waals surface area contributed by atoms with E-state index in [1.54, 1.807) is 0 Å². The number of hydrogen-bond acceptors (Lipinski definition) is 20. The molecular formula is C19H58O20Si16. The summed E-state index contributed by atoms with van der Waals surface area (Å²) in [6, 6.07) is 0. The molecule has 55 heavy (non-hydrogen) atoms. The van der Waals surface area contributed by atoms with E-state index in [4.69, 9.17) is 79.7 Å². The largest absolute Gasteiger partial charge is 0.657 e. The summed E-state index contributed by atoms with van der Waals surface area (Å²) < 4.78 is 136. The van der Waals surface area contributed by atoms with Gasteiger partial charge in [0.2, 0.25) is 5.03 Å². The highest BCUT2D eigenvalue weighted by Gasteiger charge is 3.05. The summed E-state index contributed by atoms with van der Waals surface area (Å²) in [7, 11) is -55.4. The molecule has 0 aromatic heterocycles.